The van der Waals surface area contributed by atoms with Crippen molar-refractivity contribution in [3.05, 3.63) is 0 Å². The molecule has 148 valence electrons. The first-order valence-electron chi connectivity index (χ1n) is 8.45. The Morgan fingerprint density at radius 2 is 1.44 bits per heavy atom. The molecular weight excluding hydrogens is 350 g/mol. The fourth-order valence-corrected chi connectivity index (χ4v) is 1.93. The first-order valence-corrected chi connectivity index (χ1v) is 9.08. The number of unbranched alkanes of at least 4 members (excludes halogenated alkanes) is 2. The van der Waals surface area contributed by atoms with E-state index in [0.717, 1.165) is 25.0 Å². The summed E-state index contributed by atoms with van der Waals surface area (Å²) < 4.78 is 20.5. The van der Waals surface area contributed by atoms with Crippen LogP contribution in [0, 0.1) is 0 Å². The Kier molecular flexibility index (Phi) is 18.4. The number of carbonyl (C=O) groups is 2. The number of nitrogens with two attached hydrogens (primary N) is 1. The van der Waals surface area contributed by atoms with Crippen LogP contribution in [0.4, 0.5) is 4.79 Å². The summed E-state index contributed by atoms with van der Waals surface area (Å²) in [5, 5.41) is 2.81. The van der Waals surface area contributed by atoms with Crippen molar-refractivity contribution in [1.29, 1.82) is 0 Å². The number of thiol groups is 1. The minimum absolute atomic E-state index is 0.0593. The van der Waals surface area contributed by atoms with E-state index in [0.29, 0.717) is 46.0 Å². The number of carbonyl (C=O) groups excluding carboxylic acids is 2. The lowest BCUT2D eigenvalue weighted by Crippen LogP contribution is -2.31. The molecule has 9 nitrogen and oxygen atoms in total. The highest BCUT2D eigenvalue weighted by atomic mass is 32.1. The molecule has 4 N–H and O–H groups in total. The maximum absolute atomic E-state index is 11.5. The van der Waals surface area contributed by atoms with Gasteiger partial charge in [0.2, 0.25) is 5.91 Å². The minimum atomic E-state index is -0.693. The predicted molar refractivity (Wildman–Crippen MR) is 96.5 cm³/mol. The monoisotopic (exact) mass is 381 g/mol. The molecule has 0 atom stereocenters. The van der Waals surface area contributed by atoms with E-state index in [2.05, 4.69) is 22.7 Å². The third kappa shape index (κ3) is 19.1. The van der Waals surface area contributed by atoms with Crippen molar-refractivity contribution in [2.75, 3.05) is 58.5 Å². The van der Waals surface area contributed by atoms with E-state index in [1.165, 1.54) is 0 Å². The molecule has 0 heterocycles. The van der Waals surface area contributed by atoms with Gasteiger partial charge in [0.15, 0.2) is 0 Å². The number of ether oxygens (including phenoxy) is 4. The van der Waals surface area contributed by atoms with Crippen LogP contribution in [0.25, 0.3) is 0 Å². The largest absolute Gasteiger partial charge is 0.446 e. The van der Waals surface area contributed by atoms with Gasteiger partial charge in [0.25, 0.3) is 0 Å². The van der Waals surface area contributed by atoms with Gasteiger partial charge < -0.3 is 24.3 Å². The average Bonchev–Trinajstić information content (AvgIpc) is 2.62. The van der Waals surface area contributed by atoms with Gasteiger partial charge in [-0.15, -0.1) is 0 Å². The summed E-state index contributed by atoms with van der Waals surface area (Å²) in [7, 11) is 0. The molecule has 0 aliphatic rings. The Morgan fingerprint density at radius 3 is 2.04 bits per heavy atom. The van der Waals surface area contributed by atoms with E-state index < -0.39 is 6.09 Å². The van der Waals surface area contributed by atoms with Crippen LogP contribution in [-0.2, 0) is 23.7 Å². The van der Waals surface area contributed by atoms with Crippen LogP contribution in [0.5, 0.6) is 0 Å². The fraction of sp³-hybridized carbons (Fsp3) is 0.867. The van der Waals surface area contributed by atoms with Crippen molar-refractivity contribution >= 4 is 24.6 Å². The first kappa shape index (κ1) is 23.9. The van der Waals surface area contributed by atoms with Gasteiger partial charge in [0.1, 0.15) is 6.61 Å². The maximum atomic E-state index is 11.5. The summed E-state index contributed by atoms with van der Waals surface area (Å²) in [6.07, 6.45) is 2.84. The van der Waals surface area contributed by atoms with Crippen LogP contribution < -0.4 is 16.6 Å². The fourth-order valence-electron chi connectivity index (χ4n) is 1.70. The molecule has 0 saturated carbocycles. The molecule has 0 aromatic carbocycles. The van der Waals surface area contributed by atoms with Crippen LogP contribution in [0.3, 0.4) is 0 Å². The lowest BCUT2D eigenvalue weighted by molar-refractivity contribution is -0.121. The van der Waals surface area contributed by atoms with Crippen molar-refractivity contribution in [3.8, 4) is 0 Å². The third-order valence-electron chi connectivity index (χ3n) is 2.95. The molecule has 2 amide bonds. The minimum Gasteiger partial charge on any atom is -0.446 e. The first-order chi connectivity index (χ1) is 12.2. The Hall–Kier alpha value is -1.07. The number of amides is 2. The highest BCUT2D eigenvalue weighted by molar-refractivity contribution is 7.80. The molecule has 0 radical (unpaired) electrons. The Bertz CT molecular complexity index is 336. The van der Waals surface area contributed by atoms with E-state index in [1.807, 2.05) is 5.43 Å². The summed E-state index contributed by atoms with van der Waals surface area (Å²) >= 11 is 4.13. The van der Waals surface area contributed by atoms with E-state index in [4.69, 9.17) is 20.1 Å². The molecule has 0 bridgehead atoms. The van der Waals surface area contributed by atoms with E-state index in [-0.39, 0.29) is 19.1 Å². The second kappa shape index (κ2) is 19.3. The zero-order valence-corrected chi connectivity index (χ0v) is 15.6. The average molecular weight is 381 g/mol. The van der Waals surface area contributed by atoms with Gasteiger partial charge >= 0.3 is 6.09 Å². The van der Waals surface area contributed by atoms with Crippen LogP contribution >= 0.6 is 12.6 Å². The van der Waals surface area contributed by atoms with Crippen molar-refractivity contribution in [3.63, 3.8) is 0 Å². The molecule has 0 aromatic rings. The molecule has 0 aliphatic carbocycles. The summed E-state index contributed by atoms with van der Waals surface area (Å²) in [6, 6.07) is 0. The van der Waals surface area contributed by atoms with Gasteiger partial charge in [-0.1, -0.05) is 6.42 Å². The molecule has 0 aromatic heterocycles. The van der Waals surface area contributed by atoms with Crippen LogP contribution in [0.1, 0.15) is 25.7 Å². The van der Waals surface area contributed by atoms with Gasteiger partial charge in [-0.25, -0.2) is 10.6 Å². The highest BCUT2D eigenvalue weighted by Crippen LogP contribution is 2.00. The zero-order valence-electron chi connectivity index (χ0n) is 14.7. The molecule has 0 saturated heterocycles. The number of nitrogens with one attached hydrogen (secondary N) is 2. The Morgan fingerprint density at radius 1 is 0.840 bits per heavy atom. The molecule has 0 fully saturated rings. The number of hydrogen-bond donors (Lipinski definition) is 4. The van der Waals surface area contributed by atoms with Gasteiger partial charge in [0, 0.05) is 13.0 Å². The maximum Gasteiger partial charge on any atom is 0.421 e. The van der Waals surface area contributed by atoms with Crippen molar-refractivity contribution in [2.45, 2.75) is 25.7 Å². The number of hydrogen-bond acceptors (Lipinski definition) is 8. The summed E-state index contributed by atoms with van der Waals surface area (Å²) in [5.41, 5.74) is 1.84. The van der Waals surface area contributed by atoms with Gasteiger partial charge in [0.05, 0.1) is 39.6 Å². The quantitative estimate of drug-likeness (QED) is 0.0936. The Balaban J connectivity index is 3.13. The standard InChI is InChI=1S/C15H31N3O6S/c16-18-15(20)24-12-11-23-10-9-22-8-7-21-6-5-17-14(19)4-2-1-3-13-25/h25H,1-13,16H2,(H,17,19)(H,18,20). The Labute approximate surface area is 154 Å². The van der Waals surface area contributed by atoms with Crippen molar-refractivity contribution < 1.29 is 28.5 Å². The molecule has 25 heavy (non-hydrogen) atoms. The van der Waals surface area contributed by atoms with Crippen LogP contribution in [-0.4, -0.2) is 70.5 Å². The second-order valence-electron chi connectivity index (χ2n) is 5.00. The molecule has 0 aliphatic heterocycles. The smallest absolute Gasteiger partial charge is 0.421 e. The normalized spacial score (nSPS) is 10.5. The molecule has 10 heteroatoms. The topological polar surface area (TPSA) is 121 Å². The van der Waals surface area contributed by atoms with Gasteiger partial charge in [-0.05, 0) is 18.6 Å². The molecule has 0 unspecified atom stereocenters. The lowest BCUT2D eigenvalue weighted by Gasteiger charge is -2.08. The molecule has 0 rings (SSSR count). The van der Waals surface area contributed by atoms with Crippen molar-refractivity contribution in [1.82, 2.24) is 10.7 Å². The van der Waals surface area contributed by atoms with E-state index in [9.17, 15) is 9.59 Å². The van der Waals surface area contributed by atoms with Crippen LogP contribution in [0.2, 0.25) is 0 Å². The van der Waals surface area contributed by atoms with E-state index >= 15 is 0 Å². The van der Waals surface area contributed by atoms with E-state index in [1.54, 1.807) is 0 Å². The van der Waals surface area contributed by atoms with Gasteiger partial charge in [-0.2, -0.15) is 12.6 Å². The number of hydrazine groups is 1. The number of rotatable bonds is 17. The summed E-state index contributed by atoms with van der Waals surface area (Å²) in [5.74, 6) is 5.76. The summed E-state index contributed by atoms with van der Waals surface area (Å²) in [4.78, 5) is 22.1. The molecule has 0 spiro atoms. The highest BCUT2D eigenvalue weighted by Gasteiger charge is 2.00. The summed E-state index contributed by atoms with van der Waals surface area (Å²) in [6.45, 7) is 3.11. The van der Waals surface area contributed by atoms with Crippen LogP contribution in [0.15, 0.2) is 0 Å². The second-order valence-corrected chi connectivity index (χ2v) is 5.45. The zero-order chi connectivity index (χ0) is 18.6. The third-order valence-corrected chi connectivity index (χ3v) is 3.27. The SMILES string of the molecule is NNC(=O)OCCOCCOCCOCCNC(=O)CCCCCS. The van der Waals surface area contributed by atoms with Crippen molar-refractivity contribution in [2.24, 2.45) is 5.84 Å². The van der Waals surface area contributed by atoms with Gasteiger partial charge in [-0.3, -0.25) is 10.2 Å². The lowest BCUT2D eigenvalue weighted by atomic mass is 10.2. The molecular formula is C15H31N3O6S. The predicted octanol–water partition coefficient (Wildman–Crippen LogP) is 0.243.